The molecule has 2 atom stereocenters. The molecular formula is C19H23NS. The smallest absolute Gasteiger partial charge is 0.0592 e. The predicted octanol–water partition coefficient (Wildman–Crippen LogP) is 4.89. The molecule has 2 heteroatoms. The molecule has 0 fully saturated rings. The van der Waals surface area contributed by atoms with E-state index in [1.165, 1.54) is 16.0 Å². The van der Waals surface area contributed by atoms with Crippen LogP contribution in [0.2, 0.25) is 0 Å². The summed E-state index contributed by atoms with van der Waals surface area (Å²) in [6, 6.07) is 19.9. The van der Waals surface area contributed by atoms with Crippen molar-refractivity contribution in [1.29, 1.82) is 0 Å². The van der Waals surface area contributed by atoms with Crippen LogP contribution in [-0.2, 0) is 0 Å². The Balaban J connectivity index is 2.08. The van der Waals surface area contributed by atoms with Gasteiger partial charge in [0.2, 0.25) is 0 Å². The van der Waals surface area contributed by atoms with Crippen molar-refractivity contribution < 1.29 is 0 Å². The second-order valence-electron chi connectivity index (χ2n) is 6.39. The number of thioether (sulfide) groups is 1. The van der Waals surface area contributed by atoms with Gasteiger partial charge in [-0.15, -0.1) is 11.8 Å². The van der Waals surface area contributed by atoms with Crippen molar-refractivity contribution in [2.45, 2.75) is 37.2 Å². The first-order valence-electron chi connectivity index (χ1n) is 7.64. The van der Waals surface area contributed by atoms with E-state index in [0.717, 1.165) is 5.75 Å². The summed E-state index contributed by atoms with van der Waals surface area (Å²) in [5.41, 5.74) is 2.88. The second-order valence-corrected chi connectivity index (χ2v) is 7.40. The molecular weight excluding hydrogens is 274 g/mol. The summed E-state index contributed by atoms with van der Waals surface area (Å²) >= 11 is 1.98. The van der Waals surface area contributed by atoms with Gasteiger partial charge in [-0.3, -0.25) is 5.32 Å². The van der Waals surface area contributed by atoms with Crippen LogP contribution < -0.4 is 5.32 Å². The molecule has 0 radical (unpaired) electrons. The van der Waals surface area contributed by atoms with Crippen molar-refractivity contribution in [3.63, 3.8) is 0 Å². The lowest BCUT2D eigenvalue weighted by Crippen LogP contribution is -2.50. The molecule has 21 heavy (non-hydrogen) atoms. The number of fused-ring (bicyclic) bond motifs is 1. The molecule has 0 aromatic heterocycles. The highest BCUT2D eigenvalue weighted by Gasteiger charge is 2.35. The standard InChI is InChI=1S/C19H23NS/c1-14(2)19(3)13-21-17-12-8-7-11-16(17)18(20-19)15-9-5-4-6-10-15/h4-12,14,18,20H,13H2,1-3H3/t18-,19-/m0/s1. The molecule has 0 saturated heterocycles. The van der Waals surface area contributed by atoms with Gasteiger partial charge in [0.25, 0.3) is 0 Å². The fraction of sp³-hybridized carbons (Fsp3) is 0.368. The van der Waals surface area contributed by atoms with Crippen LogP contribution >= 0.6 is 11.8 Å². The highest BCUT2D eigenvalue weighted by Crippen LogP contribution is 2.39. The van der Waals surface area contributed by atoms with E-state index in [1.54, 1.807) is 0 Å². The zero-order valence-electron chi connectivity index (χ0n) is 13.0. The molecule has 2 aromatic rings. The Morgan fingerprint density at radius 1 is 1.05 bits per heavy atom. The first-order valence-corrected chi connectivity index (χ1v) is 8.63. The Kier molecular flexibility index (Phi) is 4.10. The zero-order valence-corrected chi connectivity index (χ0v) is 13.8. The third kappa shape index (κ3) is 2.88. The highest BCUT2D eigenvalue weighted by atomic mass is 32.2. The Morgan fingerprint density at radius 2 is 1.71 bits per heavy atom. The van der Waals surface area contributed by atoms with Crippen molar-refractivity contribution in [2.75, 3.05) is 5.75 Å². The van der Waals surface area contributed by atoms with Gasteiger partial charge < -0.3 is 0 Å². The molecule has 1 heterocycles. The molecule has 1 N–H and O–H groups in total. The molecule has 3 rings (SSSR count). The minimum atomic E-state index is 0.129. The van der Waals surface area contributed by atoms with Crippen LogP contribution in [0, 0.1) is 5.92 Å². The molecule has 1 nitrogen and oxygen atoms in total. The van der Waals surface area contributed by atoms with Crippen molar-refractivity contribution in [3.8, 4) is 0 Å². The summed E-state index contributed by atoms with van der Waals surface area (Å²) in [4.78, 5) is 1.41. The van der Waals surface area contributed by atoms with Crippen LogP contribution in [0.15, 0.2) is 59.5 Å². The van der Waals surface area contributed by atoms with Crippen molar-refractivity contribution in [2.24, 2.45) is 5.92 Å². The van der Waals surface area contributed by atoms with E-state index in [2.05, 4.69) is 80.7 Å². The second kappa shape index (κ2) is 5.86. The average Bonchev–Trinajstić information content (AvgIpc) is 2.67. The average molecular weight is 297 g/mol. The van der Waals surface area contributed by atoms with Gasteiger partial charge in [0.15, 0.2) is 0 Å². The maximum Gasteiger partial charge on any atom is 0.0592 e. The molecule has 110 valence electrons. The fourth-order valence-corrected chi connectivity index (χ4v) is 4.17. The fourth-order valence-electron chi connectivity index (χ4n) is 2.77. The Bertz CT molecular complexity index is 608. The van der Waals surface area contributed by atoms with Gasteiger partial charge in [-0.05, 0) is 30.0 Å². The lowest BCUT2D eigenvalue weighted by molar-refractivity contribution is 0.277. The van der Waals surface area contributed by atoms with E-state index < -0.39 is 0 Å². The lowest BCUT2D eigenvalue weighted by Gasteiger charge is -2.36. The largest absolute Gasteiger partial charge is 0.300 e. The van der Waals surface area contributed by atoms with Gasteiger partial charge >= 0.3 is 0 Å². The van der Waals surface area contributed by atoms with E-state index in [4.69, 9.17) is 0 Å². The number of nitrogens with one attached hydrogen (secondary N) is 1. The van der Waals surface area contributed by atoms with Crippen molar-refractivity contribution in [1.82, 2.24) is 5.32 Å². The molecule has 0 bridgehead atoms. The first kappa shape index (κ1) is 14.7. The molecule has 0 unspecified atom stereocenters. The summed E-state index contributed by atoms with van der Waals surface area (Å²) in [5.74, 6) is 1.69. The van der Waals surface area contributed by atoms with Gasteiger partial charge in [-0.1, -0.05) is 62.4 Å². The van der Waals surface area contributed by atoms with E-state index in [0.29, 0.717) is 5.92 Å². The number of hydrogen-bond donors (Lipinski definition) is 1. The van der Waals surface area contributed by atoms with E-state index in [-0.39, 0.29) is 11.6 Å². The Morgan fingerprint density at radius 3 is 2.43 bits per heavy atom. The van der Waals surface area contributed by atoms with Crippen LogP contribution in [0.3, 0.4) is 0 Å². The quantitative estimate of drug-likeness (QED) is 0.847. The molecule has 1 aliphatic heterocycles. The number of rotatable bonds is 2. The summed E-state index contributed by atoms with van der Waals surface area (Å²) in [7, 11) is 0. The van der Waals surface area contributed by atoms with Gasteiger partial charge in [0.05, 0.1) is 6.04 Å². The summed E-state index contributed by atoms with van der Waals surface area (Å²) in [6.45, 7) is 6.98. The summed E-state index contributed by atoms with van der Waals surface area (Å²) in [6.07, 6.45) is 0. The lowest BCUT2D eigenvalue weighted by atomic mass is 9.87. The van der Waals surface area contributed by atoms with Crippen molar-refractivity contribution in [3.05, 3.63) is 65.7 Å². The van der Waals surface area contributed by atoms with E-state index >= 15 is 0 Å². The Hall–Kier alpha value is -1.25. The van der Waals surface area contributed by atoms with Crippen LogP contribution in [0.5, 0.6) is 0 Å². The van der Waals surface area contributed by atoms with Crippen LogP contribution in [0.25, 0.3) is 0 Å². The van der Waals surface area contributed by atoms with E-state index in [1.807, 2.05) is 11.8 Å². The Labute approximate surface area is 132 Å². The molecule has 0 saturated carbocycles. The third-order valence-electron chi connectivity index (χ3n) is 4.64. The van der Waals surface area contributed by atoms with Gasteiger partial charge in [-0.2, -0.15) is 0 Å². The monoisotopic (exact) mass is 297 g/mol. The SMILES string of the molecule is CC(C)[C@]1(C)CSc2ccccc2[C@H](c2ccccc2)N1. The normalized spacial score (nSPS) is 25.4. The van der Waals surface area contributed by atoms with Crippen LogP contribution in [0.4, 0.5) is 0 Å². The third-order valence-corrected chi connectivity index (χ3v) is 6.07. The molecule has 0 spiro atoms. The zero-order chi connectivity index (χ0) is 14.9. The van der Waals surface area contributed by atoms with Gasteiger partial charge in [-0.25, -0.2) is 0 Å². The molecule has 2 aromatic carbocycles. The van der Waals surface area contributed by atoms with Gasteiger partial charge in [0.1, 0.15) is 0 Å². The van der Waals surface area contributed by atoms with Crippen molar-refractivity contribution >= 4 is 11.8 Å². The topological polar surface area (TPSA) is 12.0 Å². The number of hydrogen-bond acceptors (Lipinski definition) is 2. The highest BCUT2D eigenvalue weighted by molar-refractivity contribution is 7.99. The van der Waals surface area contributed by atoms with Crippen LogP contribution in [-0.4, -0.2) is 11.3 Å². The van der Waals surface area contributed by atoms with Gasteiger partial charge in [0, 0.05) is 16.2 Å². The van der Waals surface area contributed by atoms with E-state index in [9.17, 15) is 0 Å². The van der Waals surface area contributed by atoms with Crippen LogP contribution in [0.1, 0.15) is 37.9 Å². The summed E-state index contributed by atoms with van der Waals surface area (Å²) in [5, 5.41) is 3.94. The number of benzene rings is 2. The predicted molar refractivity (Wildman–Crippen MR) is 91.8 cm³/mol. The molecule has 1 aliphatic rings. The maximum absolute atomic E-state index is 3.94. The first-order chi connectivity index (χ1) is 10.1. The summed E-state index contributed by atoms with van der Waals surface area (Å²) < 4.78 is 0. The minimum Gasteiger partial charge on any atom is -0.300 e. The molecule has 0 amide bonds. The molecule has 0 aliphatic carbocycles. The maximum atomic E-state index is 3.94. The minimum absolute atomic E-state index is 0.129.